The van der Waals surface area contributed by atoms with Gasteiger partial charge in [-0.1, -0.05) is 12.1 Å². The van der Waals surface area contributed by atoms with Crippen LogP contribution < -0.4 is 0 Å². The summed E-state index contributed by atoms with van der Waals surface area (Å²) in [6.45, 7) is 1.80. The lowest BCUT2D eigenvalue weighted by molar-refractivity contribution is -0.114. The average molecular weight is 427 g/mol. The monoisotopic (exact) mass is 427 g/mol. The van der Waals surface area contributed by atoms with Crippen LogP contribution in [-0.4, -0.2) is 52.5 Å². The van der Waals surface area contributed by atoms with Gasteiger partial charge in [-0.3, -0.25) is 0 Å². The van der Waals surface area contributed by atoms with Gasteiger partial charge in [0.2, 0.25) is 0 Å². The molecule has 0 aliphatic carbocycles. The highest BCUT2D eigenvalue weighted by molar-refractivity contribution is 5.50. The van der Waals surface area contributed by atoms with Crippen molar-refractivity contribution >= 4 is 0 Å². The summed E-state index contributed by atoms with van der Waals surface area (Å²) in [5.74, 6) is 0.104. The van der Waals surface area contributed by atoms with Crippen molar-refractivity contribution in [2.45, 2.75) is 50.4 Å². The van der Waals surface area contributed by atoms with Gasteiger partial charge >= 0.3 is 0 Å². The number of nitrogens with zero attached hydrogens (tertiary/aromatic N) is 1. The van der Waals surface area contributed by atoms with E-state index < -0.39 is 18.3 Å². The van der Waals surface area contributed by atoms with Crippen LogP contribution in [0.1, 0.15) is 54.0 Å². The second kappa shape index (κ2) is 11.1. The summed E-state index contributed by atoms with van der Waals surface area (Å²) in [5.41, 5.74) is 2.48. The van der Waals surface area contributed by atoms with Crippen molar-refractivity contribution in [3.05, 3.63) is 58.7 Å². The van der Waals surface area contributed by atoms with E-state index >= 15 is 0 Å². The van der Waals surface area contributed by atoms with Crippen LogP contribution in [-0.2, 0) is 15.9 Å². The normalized spacial score (nSPS) is 22.9. The van der Waals surface area contributed by atoms with Gasteiger partial charge in [-0.25, -0.2) is 0 Å². The fourth-order valence-corrected chi connectivity index (χ4v) is 3.81. The fraction of sp³-hybridized carbons (Fsp3) is 0.458. The Bertz CT molecular complexity index is 881. The Balaban J connectivity index is 0.000000478. The highest BCUT2D eigenvalue weighted by atomic mass is 16.5. The molecule has 0 saturated carbocycles. The van der Waals surface area contributed by atoms with Gasteiger partial charge in [-0.15, -0.1) is 0 Å². The predicted octanol–water partition coefficient (Wildman–Crippen LogP) is 2.93. The van der Waals surface area contributed by atoms with E-state index in [0.29, 0.717) is 30.4 Å². The zero-order valence-electron chi connectivity index (χ0n) is 17.4. The molecular formula is C24H29NO6. The highest BCUT2D eigenvalue weighted by Gasteiger charge is 2.31. The Labute approximate surface area is 182 Å². The molecule has 166 valence electrons. The lowest BCUT2D eigenvalue weighted by atomic mass is 9.91. The minimum absolute atomic E-state index is 0.0632. The molecule has 0 amide bonds. The van der Waals surface area contributed by atoms with E-state index in [1.54, 1.807) is 30.3 Å². The molecule has 2 fully saturated rings. The lowest BCUT2D eigenvalue weighted by Gasteiger charge is -2.33. The second-order valence-electron chi connectivity index (χ2n) is 7.90. The summed E-state index contributed by atoms with van der Waals surface area (Å²) in [7, 11) is 0. The molecule has 3 unspecified atom stereocenters. The number of rotatable bonds is 4. The molecule has 2 heterocycles. The molecule has 2 aliphatic heterocycles. The van der Waals surface area contributed by atoms with E-state index in [1.165, 1.54) is 18.9 Å². The molecule has 7 heteroatoms. The van der Waals surface area contributed by atoms with Crippen molar-refractivity contribution in [1.29, 1.82) is 5.26 Å². The number of phenols is 2. The zero-order chi connectivity index (χ0) is 22.2. The van der Waals surface area contributed by atoms with Crippen molar-refractivity contribution in [3.8, 4) is 17.6 Å². The predicted molar refractivity (Wildman–Crippen MR) is 114 cm³/mol. The molecule has 4 N–H and O–H groups in total. The maximum Gasteiger partial charge on any atom is 0.122 e. The summed E-state index contributed by atoms with van der Waals surface area (Å²) in [6.07, 6.45) is 2.01. The molecule has 0 aromatic heterocycles. The van der Waals surface area contributed by atoms with E-state index in [1.807, 2.05) is 0 Å². The van der Waals surface area contributed by atoms with Crippen molar-refractivity contribution in [3.63, 3.8) is 0 Å². The number of aromatic hydroxyl groups is 2. The van der Waals surface area contributed by atoms with E-state index in [0.717, 1.165) is 24.3 Å². The minimum Gasteiger partial charge on any atom is -0.508 e. The Hall–Kier alpha value is -2.63. The Morgan fingerprint density at radius 3 is 2.32 bits per heavy atom. The number of phenolic OH excluding ortho intramolecular Hbond substituents is 2. The third-order valence-corrected chi connectivity index (χ3v) is 5.46. The lowest BCUT2D eigenvalue weighted by Crippen LogP contribution is -2.33. The second-order valence-corrected chi connectivity index (χ2v) is 7.90. The standard InChI is InChI=1S/C20H21NO5.C4H8O/c21-10-14-7-19(25)18(20-9-16(24)8-17(11-22)26-20)6-13(14)5-12-1-3-15(23)4-2-12;1-2-4-5-3-1/h1-4,6-7,16-17,20,22-25H,5,8-9,11H2;1-4H2. The van der Waals surface area contributed by atoms with Gasteiger partial charge in [0.25, 0.3) is 0 Å². The van der Waals surface area contributed by atoms with Gasteiger partial charge < -0.3 is 29.9 Å². The molecule has 2 aromatic rings. The number of hydrogen-bond donors (Lipinski definition) is 4. The first kappa shape index (κ1) is 23.0. The Kier molecular flexibility index (Phi) is 8.27. The molecule has 0 bridgehead atoms. The number of benzene rings is 2. The van der Waals surface area contributed by atoms with Crippen LogP contribution >= 0.6 is 0 Å². The SMILES string of the molecule is C1CCOC1.N#Cc1cc(O)c(C2CC(O)CC(CO)O2)cc1Cc1ccc(O)cc1. The first-order valence-corrected chi connectivity index (χ1v) is 10.6. The topological polar surface area (TPSA) is 123 Å². The van der Waals surface area contributed by atoms with Crippen LogP contribution in [0.2, 0.25) is 0 Å². The molecule has 2 aromatic carbocycles. The van der Waals surface area contributed by atoms with E-state index in [-0.39, 0.29) is 18.1 Å². The van der Waals surface area contributed by atoms with E-state index in [2.05, 4.69) is 6.07 Å². The van der Waals surface area contributed by atoms with Crippen LogP contribution in [0.15, 0.2) is 36.4 Å². The minimum atomic E-state index is -0.624. The van der Waals surface area contributed by atoms with Gasteiger partial charge in [-0.05, 0) is 54.7 Å². The largest absolute Gasteiger partial charge is 0.508 e. The maximum atomic E-state index is 10.3. The van der Waals surface area contributed by atoms with E-state index in [9.17, 15) is 25.7 Å². The summed E-state index contributed by atoms with van der Waals surface area (Å²) in [6, 6.07) is 11.9. The molecular weight excluding hydrogens is 398 g/mol. The van der Waals surface area contributed by atoms with E-state index in [4.69, 9.17) is 9.47 Å². The van der Waals surface area contributed by atoms with Crippen molar-refractivity contribution in [2.24, 2.45) is 0 Å². The number of aliphatic hydroxyl groups is 2. The summed E-state index contributed by atoms with van der Waals surface area (Å²) in [4.78, 5) is 0. The quantitative estimate of drug-likeness (QED) is 0.591. The molecule has 31 heavy (non-hydrogen) atoms. The van der Waals surface area contributed by atoms with Crippen LogP contribution in [0, 0.1) is 11.3 Å². The van der Waals surface area contributed by atoms with Crippen LogP contribution in [0.5, 0.6) is 11.5 Å². The molecule has 2 saturated heterocycles. The van der Waals surface area contributed by atoms with Crippen LogP contribution in [0.25, 0.3) is 0 Å². The third-order valence-electron chi connectivity index (χ3n) is 5.46. The van der Waals surface area contributed by atoms with Crippen molar-refractivity contribution in [2.75, 3.05) is 19.8 Å². The average Bonchev–Trinajstić information content (AvgIpc) is 3.36. The Morgan fingerprint density at radius 1 is 1.03 bits per heavy atom. The summed E-state index contributed by atoms with van der Waals surface area (Å²) in [5, 5.41) is 48.5. The molecule has 0 radical (unpaired) electrons. The summed E-state index contributed by atoms with van der Waals surface area (Å²) < 4.78 is 10.7. The molecule has 0 spiro atoms. The fourth-order valence-electron chi connectivity index (χ4n) is 3.81. The van der Waals surface area contributed by atoms with Gasteiger partial charge in [-0.2, -0.15) is 5.26 Å². The van der Waals surface area contributed by atoms with Crippen LogP contribution in [0.4, 0.5) is 0 Å². The van der Waals surface area contributed by atoms with Crippen molar-refractivity contribution < 1.29 is 29.9 Å². The van der Waals surface area contributed by atoms with Crippen LogP contribution in [0.3, 0.4) is 0 Å². The third kappa shape index (κ3) is 6.42. The smallest absolute Gasteiger partial charge is 0.122 e. The van der Waals surface area contributed by atoms with Crippen molar-refractivity contribution in [1.82, 2.24) is 0 Å². The first-order valence-electron chi connectivity index (χ1n) is 10.6. The number of hydrogen-bond acceptors (Lipinski definition) is 7. The van der Waals surface area contributed by atoms with Gasteiger partial charge in [0.05, 0.1) is 36.6 Å². The Morgan fingerprint density at radius 2 is 1.74 bits per heavy atom. The molecule has 2 aliphatic rings. The van der Waals surface area contributed by atoms with Gasteiger partial charge in [0.1, 0.15) is 11.5 Å². The number of aliphatic hydroxyl groups excluding tert-OH is 2. The number of ether oxygens (including phenoxy) is 2. The molecule has 3 atom stereocenters. The molecule has 7 nitrogen and oxygen atoms in total. The van der Waals surface area contributed by atoms with Gasteiger partial charge in [0.15, 0.2) is 0 Å². The maximum absolute atomic E-state index is 10.3. The first-order chi connectivity index (χ1) is 15.0. The molecule has 4 rings (SSSR count). The highest BCUT2D eigenvalue weighted by Crippen LogP contribution is 2.37. The summed E-state index contributed by atoms with van der Waals surface area (Å²) >= 11 is 0. The zero-order valence-corrected chi connectivity index (χ0v) is 17.4. The van der Waals surface area contributed by atoms with Gasteiger partial charge in [0, 0.05) is 31.6 Å². The number of nitriles is 1.